The molecule has 0 radical (unpaired) electrons. The number of nitrogens with one attached hydrogen (secondary N) is 1. The first-order valence-electron chi connectivity index (χ1n) is 6.66. The molecule has 108 valence electrons. The average Bonchev–Trinajstić information content (AvgIpc) is 2.88. The summed E-state index contributed by atoms with van der Waals surface area (Å²) >= 11 is 3.48. The van der Waals surface area contributed by atoms with Crippen molar-refractivity contribution in [2.75, 3.05) is 5.32 Å². The van der Waals surface area contributed by atoms with Crippen LogP contribution in [0.5, 0.6) is 0 Å². The van der Waals surface area contributed by atoms with E-state index in [4.69, 9.17) is 0 Å². The highest BCUT2D eigenvalue weighted by atomic mass is 79.9. The molecule has 1 N–H and O–H groups in total. The number of nitrogens with zero attached hydrogens (tertiary/aromatic N) is 4. The van der Waals surface area contributed by atoms with Crippen LogP contribution in [0.1, 0.15) is 20.8 Å². The van der Waals surface area contributed by atoms with Crippen molar-refractivity contribution >= 4 is 38.3 Å². The summed E-state index contributed by atoms with van der Waals surface area (Å²) in [5.41, 5.74) is 1.76. The van der Waals surface area contributed by atoms with Crippen molar-refractivity contribution in [2.24, 2.45) is 0 Å². The Morgan fingerprint density at radius 3 is 2.71 bits per heavy atom. The number of fused-ring (bicyclic) bond motifs is 1. The molecule has 0 fully saturated rings. The Morgan fingerprint density at radius 1 is 1.19 bits per heavy atom. The molecule has 3 rings (SSSR count). The van der Waals surface area contributed by atoms with Crippen LogP contribution in [0, 0.1) is 0 Å². The van der Waals surface area contributed by atoms with Crippen LogP contribution in [0.4, 0.5) is 11.5 Å². The van der Waals surface area contributed by atoms with Gasteiger partial charge < -0.3 is 5.32 Å². The summed E-state index contributed by atoms with van der Waals surface area (Å²) < 4.78 is 2.92. The average molecular weight is 346 g/mol. The van der Waals surface area contributed by atoms with Crippen LogP contribution in [-0.2, 0) is 5.54 Å². The van der Waals surface area contributed by atoms with Gasteiger partial charge in [0.25, 0.3) is 0 Å². The molecular formula is C15H16BrN5. The number of halogens is 1. The molecule has 6 heteroatoms. The molecule has 0 saturated heterocycles. The van der Waals surface area contributed by atoms with Gasteiger partial charge in [-0.1, -0.05) is 15.9 Å². The van der Waals surface area contributed by atoms with E-state index in [2.05, 4.69) is 57.1 Å². The Kier molecular flexibility index (Phi) is 3.41. The molecule has 0 bridgehead atoms. The highest BCUT2D eigenvalue weighted by Gasteiger charge is 2.14. The molecule has 1 aromatic carbocycles. The van der Waals surface area contributed by atoms with Gasteiger partial charge in [-0.25, -0.2) is 9.97 Å². The van der Waals surface area contributed by atoms with Gasteiger partial charge in [-0.2, -0.15) is 5.10 Å². The van der Waals surface area contributed by atoms with Gasteiger partial charge in [0, 0.05) is 16.1 Å². The molecule has 3 aromatic rings. The second-order valence-electron chi connectivity index (χ2n) is 5.85. The van der Waals surface area contributed by atoms with Gasteiger partial charge >= 0.3 is 0 Å². The second-order valence-corrected chi connectivity index (χ2v) is 6.77. The first kappa shape index (κ1) is 14.0. The molecular weight excluding hydrogens is 330 g/mol. The van der Waals surface area contributed by atoms with Crippen molar-refractivity contribution in [1.29, 1.82) is 0 Å². The van der Waals surface area contributed by atoms with Gasteiger partial charge in [-0.05, 0) is 39.0 Å². The Hall–Kier alpha value is -1.95. The van der Waals surface area contributed by atoms with E-state index in [0.29, 0.717) is 0 Å². The van der Waals surface area contributed by atoms with Gasteiger partial charge in [0.05, 0.1) is 22.9 Å². The lowest BCUT2D eigenvalue weighted by molar-refractivity contribution is 0.355. The third-order valence-electron chi connectivity index (χ3n) is 3.13. The third kappa shape index (κ3) is 2.90. The number of rotatable bonds is 2. The summed E-state index contributed by atoms with van der Waals surface area (Å²) in [4.78, 5) is 8.61. The number of hydrogen-bond donors (Lipinski definition) is 1. The Balaban J connectivity index is 1.98. The fourth-order valence-corrected chi connectivity index (χ4v) is 2.38. The molecule has 21 heavy (non-hydrogen) atoms. The minimum Gasteiger partial charge on any atom is -0.337 e. The molecule has 0 aliphatic rings. The topological polar surface area (TPSA) is 55.6 Å². The van der Waals surface area contributed by atoms with Crippen molar-refractivity contribution in [3.8, 4) is 0 Å². The fourth-order valence-electron chi connectivity index (χ4n) is 2.02. The van der Waals surface area contributed by atoms with Crippen molar-refractivity contribution in [3.05, 3.63) is 41.4 Å². The predicted molar refractivity (Wildman–Crippen MR) is 87.7 cm³/mol. The van der Waals surface area contributed by atoms with Crippen LogP contribution in [0.3, 0.4) is 0 Å². The largest absolute Gasteiger partial charge is 0.337 e. The monoisotopic (exact) mass is 345 g/mol. The summed E-state index contributed by atoms with van der Waals surface area (Å²) in [6, 6.07) is 5.94. The van der Waals surface area contributed by atoms with E-state index in [1.54, 1.807) is 12.5 Å². The zero-order valence-corrected chi connectivity index (χ0v) is 13.7. The van der Waals surface area contributed by atoms with Gasteiger partial charge in [0.15, 0.2) is 0 Å². The molecule has 2 heterocycles. The molecule has 0 saturated carbocycles. The van der Waals surface area contributed by atoms with Gasteiger partial charge in [0.2, 0.25) is 0 Å². The summed E-state index contributed by atoms with van der Waals surface area (Å²) in [7, 11) is 0. The molecule has 0 atom stereocenters. The summed E-state index contributed by atoms with van der Waals surface area (Å²) in [6.07, 6.45) is 5.34. The second kappa shape index (κ2) is 5.11. The number of aromatic nitrogens is 4. The smallest absolute Gasteiger partial charge is 0.141 e. The molecule has 0 spiro atoms. The lowest BCUT2D eigenvalue weighted by atomic mass is 10.1. The SMILES string of the molecule is CC(C)(C)n1cc(Nc2ncnc3ccc(Br)cc23)cn1. The Labute approximate surface area is 131 Å². The van der Waals surface area contributed by atoms with E-state index in [-0.39, 0.29) is 5.54 Å². The van der Waals surface area contributed by atoms with Crippen molar-refractivity contribution < 1.29 is 0 Å². The van der Waals surface area contributed by atoms with E-state index in [9.17, 15) is 0 Å². The highest BCUT2D eigenvalue weighted by molar-refractivity contribution is 9.10. The Morgan fingerprint density at radius 2 is 2.00 bits per heavy atom. The van der Waals surface area contributed by atoms with Crippen LogP contribution in [-0.4, -0.2) is 19.7 Å². The number of anilines is 2. The summed E-state index contributed by atoms with van der Waals surface area (Å²) in [5.74, 6) is 0.773. The first-order valence-corrected chi connectivity index (χ1v) is 7.45. The zero-order chi connectivity index (χ0) is 15.0. The minimum absolute atomic E-state index is 0.0449. The normalized spacial score (nSPS) is 11.8. The van der Waals surface area contributed by atoms with Crippen molar-refractivity contribution in [1.82, 2.24) is 19.7 Å². The molecule has 0 aliphatic heterocycles. The van der Waals surface area contributed by atoms with Crippen LogP contribution >= 0.6 is 15.9 Å². The van der Waals surface area contributed by atoms with Crippen LogP contribution in [0.2, 0.25) is 0 Å². The minimum atomic E-state index is -0.0449. The van der Waals surface area contributed by atoms with Gasteiger partial charge in [0.1, 0.15) is 12.1 Å². The van der Waals surface area contributed by atoms with E-state index >= 15 is 0 Å². The van der Waals surface area contributed by atoms with Crippen LogP contribution in [0.25, 0.3) is 10.9 Å². The van der Waals surface area contributed by atoms with Gasteiger partial charge in [-0.3, -0.25) is 4.68 Å². The maximum Gasteiger partial charge on any atom is 0.141 e. The van der Waals surface area contributed by atoms with E-state index in [1.165, 1.54) is 0 Å². The van der Waals surface area contributed by atoms with E-state index < -0.39 is 0 Å². The van der Waals surface area contributed by atoms with E-state index in [1.807, 2.05) is 29.1 Å². The lowest BCUT2D eigenvalue weighted by Crippen LogP contribution is -2.21. The van der Waals surface area contributed by atoms with Gasteiger partial charge in [-0.15, -0.1) is 0 Å². The fraction of sp³-hybridized carbons (Fsp3) is 0.267. The Bertz CT molecular complexity index is 788. The molecule has 0 aliphatic carbocycles. The maximum absolute atomic E-state index is 4.38. The lowest BCUT2D eigenvalue weighted by Gasteiger charge is -2.18. The molecule has 0 amide bonds. The van der Waals surface area contributed by atoms with Crippen LogP contribution in [0.15, 0.2) is 41.4 Å². The zero-order valence-electron chi connectivity index (χ0n) is 12.1. The first-order chi connectivity index (χ1) is 9.93. The quantitative estimate of drug-likeness (QED) is 0.759. The predicted octanol–water partition coefficient (Wildman–Crippen LogP) is 4.09. The van der Waals surface area contributed by atoms with Crippen LogP contribution < -0.4 is 5.32 Å². The maximum atomic E-state index is 4.38. The standard InChI is InChI=1S/C15H16BrN5/c1-15(2,3)21-8-11(7-19-21)20-14-12-6-10(16)4-5-13(12)17-9-18-14/h4-9H,1-3H3,(H,17,18,20). The third-order valence-corrected chi connectivity index (χ3v) is 3.62. The molecule has 5 nitrogen and oxygen atoms in total. The highest BCUT2D eigenvalue weighted by Crippen LogP contribution is 2.26. The molecule has 0 unspecified atom stereocenters. The number of benzene rings is 1. The number of hydrogen-bond acceptors (Lipinski definition) is 4. The summed E-state index contributed by atoms with van der Waals surface area (Å²) in [6.45, 7) is 6.34. The van der Waals surface area contributed by atoms with Crippen molar-refractivity contribution in [2.45, 2.75) is 26.3 Å². The molecule has 2 aromatic heterocycles. The van der Waals surface area contributed by atoms with Crippen molar-refractivity contribution in [3.63, 3.8) is 0 Å². The summed E-state index contributed by atoms with van der Waals surface area (Å²) in [5, 5.41) is 8.66. The van der Waals surface area contributed by atoms with E-state index in [0.717, 1.165) is 26.9 Å².